The molecule has 0 radical (unpaired) electrons. The van der Waals surface area contributed by atoms with Gasteiger partial charge in [-0.25, -0.2) is 0 Å². The third-order valence-corrected chi connectivity index (χ3v) is 5.26. The second-order valence-corrected chi connectivity index (χ2v) is 6.87. The highest BCUT2D eigenvalue weighted by Gasteiger charge is 2.20. The number of benzene rings is 2. The van der Waals surface area contributed by atoms with E-state index in [-0.39, 0.29) is 5.91 Å². The number of nitrogens with one attached hydrogen (secondary N) is 1. The third-order valence-electron chi connectivity index (χ3n) is 4.14. The molecular weight excluding hydrogens is 332 g/mol. The zero-order valence-corrected chi connectivity index (χ0v) is 15.2. The number of ether oxygens (including phenoxy) is 1. The van der Waals surface area contributed by atoms with Crippen molar-refractivity contribution in [2.75, 3.05) is 11.9 Å². The van der Waals surface area contributed by atoms with E-state index >= 15 is 0 Å². The predicted octanol–water partition coefficient (Wildman–Crippen LogP) is 5.04. The van der Waals surface area contributed by atoms with E-state index in [1.165, 1.54) is 11.3 Å². The number of carbonyl (C=O) groups is 1. The van der Waals surface area contributed by atoms with Gasteiger partial charge in [0.1, 0.15) is 16.8 Å². The molecule has 0 saturated carbocycles. The lowest BCUT2D eigenvalue weighted by molar-refractivity contribution is 0.102. The Bertz CT molecular complexity index is 999. The standard InChI is InChI=1S/C20H18N2O2S/c1-4-24-17-10-9-14-7-5-6-8-15(14)18(17)19(23)22-20-16(11-21)12(2)13(3)25-20/h5-10H,4H2,1-3H3,(H,22,23). The number of hydrogen-bond acceptors (Lipinski definition) is 4. The first-order valence-corrected chi connectivity index (χ1v) is 8.84. The fourth-order valence-corrected chi connectivity index (χ4v) is 3.78. The number of hydrogen-bond donors (Lipinski definition) is 1. The molecule has 4 nitrogen and oxygen atoms in total. The van der Waals surface area contributed by atoms with E-state index in [4.69, 9.17) is 4.74 Å². The summed E-state index contributed by atoms with van der Waals surface area (Å²) in [5.74, 6) is 0.278. The Morgan fingerprint density at radius 2 is 2.00 bits per heavy atom. The number of thiophene rings is 1. The van der Waals surface area contributed by atoms with Crippen LogP contribution >= 0.6 is 11.3 Å². The number of fused-ring (bicyclic) bond motifs is 1. The van der Waals surface area contributed by atoms with E-state index < -0.39 is 0 Å². The summed E-state index contributed by atoms with van der Waals surface area (Å²) in [6.07, 6.45) is 0. The molecule has 2 aromatic carbocycles. The van der Waals surface area contributed by atoms with Gasteiger partial charge in [0, 0.05) is 4.88 Å². The summed E-state index contributed by atoms with van der Waals surface area (Å²) in [6, 6.07) is 13.6. The van der Waals surface area contributed by atoms with Crippen molar-refractivity contribution in [2.24, 2.45) is 0 Å². The van der Waals surface area contributed by atoms with Gasteiger partial charge in [0.25, 0.3) is 5.91 Å². The Labute approximate surface area is 150 Å². The molecule has 0 aliphatic heterocycles. The van der Waals surface area contributed by atoms with Crippen LogP contribution in [0.25, 0.3) is 10.8 Å². The van der Waals surface area contributed by atoms with Crippen molar-refractivity contribution in [1.29, 1.82) is 5.26 Å². The number of carbonyl (C=O) groups excluding carboxylic acids is 1. The molecule has 0 atom stereocenters. The van der Waals surface area contributed by atoms with Gasteiger partial charge in [-0.1, -0.05) is 30.3 Å². The van der Waals surface area contributed by atoms with E-state index in [2.05, 4.69) is 11.4 Å². The molecule has 0 fully saturated rings. The van der Waals surface area contributed by atoms with Crippen molar-refractivity contribution < 1.29 is 9.53 Å². The van der Waals surface area contributed by atoms with Gasteiger partial charge in [0.2, 0.25) is 0 Å². The lowest BCUT2D eigenvalue weighted by atomic mass is 10.0. The Kier molecular flexibility index (Phi) is 4.73. The maximum Gasteiger partial charge on any atom is 0.260 e. The van der Waals surface area contributed by atoms with Crippen LogP contribution in [0.2, 0.25) is 0 Å². The van der Waals surface area contributed by atoms with Crippen LogP contribution in [0.15, 0.2) is 36.4 Å². The molecule has 0 spiro atoms. The molecule has 1 heterocycles. The first-order valence-electron chi connectivity index (χ1n) is 8.02. The summed E-state index contributed by atoms with van der Waals surface area (Å²) < 4.78 is 5.67. The molecule has 5 heteroatoms. The zero-order chi connectivity index (χ0) is 18.0. The summed E-state index contributed by atoms with van der Waals surface area (Å²) in [7, 11) is 0. The molecule has 1 N–H and O–H groups in total. The van der Waals surface area contributed by atoms with E-state index in [1.54, 1.807) is 0 Å². The number of rotatable bonds is 4. The summed E-state index contributed by atoms with van der Waals surface area (Å²) in [5, 5.41) is 14.7. The van der Waals surface area contributed by atoms with Gasteiger partial charge in [-0.15, -0.1) is 11.3 Å². The minimum absolute atomic E-state index is 0.266. The molecule has 25 heavy (non-hydrogen) atoms. The van der Waals surface area contributed by atoms with Gasteiger partial charge in [-0.05, 0) is 43.2 Å². The van der Waals surface area contributed by atoms with E-state index in [9.17, 15) is 10.1 Å². The largest absolute Gasteiger partial charge is 0.493 e. The van der Waals surface area contributed by atoms with Gasteiger partial charge in [-0.2, -0.15) is 5.26 Å². The second-order valence-electron chi connectivity index (χ2n) is 5.65. The molecule has 0 aliphatic carbocycles. The first kappa shape index (κ1) is 17.0. The van der Waals surface area contributed by atoms with Crippen LogP contribution in [0.4, 0.5) is 5.00 Å². The van der Waals surface area contributed by atoms with Crippen LogP contribution < -0.4 is 10.1 Å². The molecule has 1 aromatic heterocycles. The number of nitrogens with zero attached hydrogens (tertiary/aromatic N) is 1. The lowest BCUT2D eigenvalue weighted by Gasteiger charge is -2.13. The fraction of sp³-hybridized carbons (Fsp3) is 0.200. The SMILES string of the molecule is CCOc1ccc2ccccc2c1C(=O)Nc1sc(C)c(C)c1C#N. The lowest BCUT2D eigenvalue weighted by Crippen LogP contribution is -2.14. The molecule has 126 valence electrons. The van der Waals surface area contributed by atoms with Gasteiger partial charge >= 0.3 is 0 Å². The molecule has 0 unspecified atom stereocenters. The van der Waals surface area contributed by atoms with E-state index in [0.29, 0.717) is 28.5 Å². The highest BCUT2D eigenvalue weighted by molar-refractivity contribution is 7.16. The minimum atomic E-state index is -0.266. The Morgan fingerprint density at radius 3 is 2.72 bits per heavy atom. The van der Waals surface area contributed by atoms with Gasteiger partial charge in [0.05, 0.1) is 17.7 Å². The third kappa shape index (κ3) is 3.09. The summed E-state index contributed by atoms with van der Waals surface area (Å²) >= 11 is 1.42. The minimum Gasteiger partial charge on any atom is -0.493 e. The molecule has 0 aliphatic rings. The molecule has 3 rings (SSSR count). The average molecular weight is 350 g/mol. The summed E-state index contributed by atoms with van der Waals surface area (Å²) in [5.41, 5.74) is 1.92. The molecule has 1 amide bonds. The van der Waals surface area contributed by atoms with Crippen LogP contribution in [-0.4, -0.2) is 12.5 Å². The van der Waals surface area contributed by atoms with Crippen molar-refractivity contribution in [3.63, 3.8) is 0 Å². The van der Waals surface area contributed by atoms with Gasteiger partial charge in [0.15, 0.2) is 0 Å². The van der Waals surface area contributed by atoms with Gasteiger partial charge in [-0.3, -0.25) is 4.79 Å². The van der Waals surface area contributed by atoms with Crippen molar-refractivity contribution in [2.45, 2.75) is 20.8 Å². The summed E-state index contributed by atoms with van der Waals surface area (Å²) in [6.45, 7) is 6.19. The average Bonchev–Trinajstić information content (AvgIpc) is 2.88. The van der Waals surface area contributed by atoms with Crippen LogP contribution in [0.3, 0.4) is 0 Å². The Balaban J connectivity index is 2.09. The van der Waals surface area contributed by atoms with Crippen LogP contribution in [0.5, 0.6) is 5.75 Å². The normalized spacial score (nSPS) is 10.5. The van der Waals surface area contributed by atoms with Crippen LogP contribution in [0.1, 0.15) is 33.3 Å². The van der Waals surface area contributed by atoms with Crippen molar-refractivity contribution in [3.05, 3.63) is 58.0 Å². The number of amides is 1. The monoisotopic (exact) mass is 350 g/mol. The van der Waals surface area contributed by atoms with Crippen molar-refractivity contribution in [3.8, 4) is 11.8 Å². The highest BCUT2D eigenvalue weighted by atomic mass is 32.1. The first-order chi connectivity index (χ1) is 12.1. The fourth-order valence-electron chi connectivity index (χ4n) is 2.78. The summed E-state index contributed by atoms with van der Waals surface area (Å²) in [4.78, 5) is 14.0. The number of aryl methyl sites for hydroxylation is 1. The maximum atomic E-state index is 13.0. The molecule has 3 aromatic rings. The highest BCUT2D eigenvalue weighted by Crippen LogP contribution is 2.34. The van der Waals surface area contributed by atoms with E-state index in [0.717, 1.165) is 21.2 Å². The van der Waals surface area contributed by atoms with E-state index in [1.807, 2.05) is 57.2 Å². The van der Waals surface area contributed by atoms with Crippen LogP contribution in [-0.2, 0) is 0 Å². The predicted molar refractivity (Wildman–Crippen MR) is 102 cm³/mol. The second kappa shape index (κ2) is 6.96. The molecule has 0 saturated heterocycles. The molecular formula is C20H18N2O2S. The maximum absolute atomic E-state index is 13.0. The Hall–Kier alpha value is -2.84. The number of anilines is 1. The van der Waals surface area contributed by atoms with Crippen molar-refractivity contribution in [1.82, 2.24) is 0 Å². The van der Waals surface area contributed by atoms with Crippen LogP contribution in [0, 0.1) is 25.2 Å². The zero-order valence-electron chi connectivity index (χ0n) is 14.3. The van der Waals surface area contributed by atoms with Crippen molar-refractivity contribution >= 4 is 33.0 Å². The quantitative estimate of drug-likeness (QED) is 0.717. The smallest absolute Gasteiger partial charge is 0.260 e. The Morgan fingerprint density at radius 1 is 1.24 bits per heavy atom. The number of nitriles is 1. The molecule has 0 bridgehead atoms. The van der Waals surface area contributed by atoms with Gasteiger partial charge < -0.3 is 10.1 Å². The topological polar surface area (TPSA) is 62.1 Å².